The molecule has 15 heavy (non-hydrogen) atoms. The van der Waals surface area contributed by atoms with Gasteiger partial charge in [-0.1, -0.05) is 0 Å². The number of alkyl halides is 3. The number of halogens is 3. The first kappa shape index (κ1) is 10.2. The molecule has 0 fully saturated rings. The number of aromatic nitrogens is 3. The third-order valence-corrected chi connectivity index (χ3v) is 2.80. The van der Waals surface area contributed by atoms with Crippen LogP contribution in [0.25, 0.3) is 10.7 Å². The Labute approximate surface area is 87.0 Å². The molecule has 0 radical (unpaired) electrons. The molecule has 7 heteroatoms. The van der Waals surface area contributed by atoms with E-state index in [0.717, 1.165) is 11.3 Å². The van der Waals surface area contributed by atoms with Crippen molar-refractivity contribution in [1.82, 2.24) is 15.0 Å². The molecule has 0 aromatic carbocycles. The summed E-state index contributed by atoms with van der Waals surface area (Å²) in [5.74, 6) is 0. The summed E-state index contributed by atoms with van der Waals surface area (Å²) in [5, 5.41) is 0.303. The zero-order valence-electron chi connectivity index (χ0n) is 7.59. The topological polar surface area (TPSA) is 41.6 Å². The van der Waals surface area contributed by atoms with Crippen LogP contribution < -0.4 is 0 Å². The van der Waals surface area contributed by atoms with E-state index in [-0.39, 0.29) is 4.88 Å². The third kappa shape index (κ3) is 1.87. The highest BCUT2D eigenvalue weighted by atomic mass is 32.1. The molecule has 2 aromatic heterocycles. The van der Waals surface area contributed by atoms with E-state index in [0.29, 0.717) is 10.7 Å². The highest BCUT2D eigenvalue weighted by Gasteiger charge is 2.36. The average Bonchev–Trinajstić information content (AvgIpc) is 2.68. The van der Waals surface area contributed by atoms with Crippen LogP contribution in [0.4, 0.5) is 13.2 Å². The fourth-order valence-electron chi connectivity index (χ4n) is 1.15. The standard InChI is InChI=1S/C8H6F3N3S/c1-4-6(8(9,10)11)14-7(15-4)5-2-12-3-13-5/h2-3H,1H3,(H,12,13). The molecule has 0 aliphatic carbocycles. The predicted octanol–water partition coefficient (Wildman–Crippen LogP) is 2.86. The maximum absolute atomic E-state index is 12.4. The van der Waals surface area contributed by atoms with Crippen LogP contribution in [0.2, 0.25) is 0 Å². The van der Waals surface area contributed by atoms with Gasteiger partial charge in [0.2, 0.25) is 0 Å². The Kier molecular flexibility index (Phi) is 2.26. The van der Waals surface area contributed by atoms with Gasteiger partial charge in [0.1, 0.15) is 5.01 Å². The van der Waals surface area contributed by atoms with Crippen LogP contribution in [0.1, 0.15) is 10.6 Å². The minimum atomic E-state index is -4.39. The first-order valence-electron chi connectivity index (χ1n) is 4.02. The molecule has 0 amide bonds. The minimum Gasteiger partial charge on any atom is -0.343 e. The van der Waals surface area contributed by atoms with Crippen molar-refractivity contribution in [2.24, 2.45) is 0 Å². The molecule has 2 aromatic rings. The molecule has 1 N–H and O–H groups in total. The molecule has 2 rings (SSSR count). The summed E-state index contributed by atoms with van der Waals surface area (Å²) in [6, 6.07) is 0. The van der Waals surface area contributed by atoms with E-state index < -0.39 is 11.9 Å². The molecule has 2 heterocycles. The Hall–Kier alpha value is -1.37. The smallest absolute Gasteiger partial charge is 0.343 e. The Morgan fingerprint density at radius 3 is 2.60 bits per heavy atom. The maximum Gasteiger partial charge on any atom is 0.434 e. The Balaban J connectivity index is 2.47. The Bertz CT molecular complexity index is 458. The molecule has 0 saturated carbocycles. The largest absolute Gasteiger partial charge is 0.434 e. The summed E-state index contributed by atoms with van der Waals surface area (Å²) in [6.07, 6.45) is -1.55. The number of hydrogen-bond donors (Lipinski definition) is 1. The van der Waals surface area contributed by atoms with Gasteiger partial charge >= 0.3 is 6.18 Å². The zero-order chi connectivity index (χ0) is 11.1. The van der Waals surface area contributed by atoms with Crippen molar-refractivity contribution >= 4 is 11.3 Å². The molecule has 0 aliphatic rings. The van der Waals surface area contributed by atoms with E-state index in [1.807, 2.05) is 0 Å². The highest BCUT2D eigenvalue weighted by Crippen LogP contribution is 2.36. The quantitative estimate of drug-likeness (QED) is 0.822. The fourth-order valence-corrected chi connectivity index (χ4v) is 2.05. The van der Waals surface area contributed by atoms with Gasteiger partial charge in [0.25, 0.3) is 0 Å². The van der Waals surface area contributed by atoms with Crippen LogP contribution in [0.3, 0.4) is 0 Å². The fraction of sp³-hybridized carbons (Fsp3) is 0.250. The second-order valence-corrected chi connectivity index (χ2v) is 4.09. The molecule has 0 aliphatic heterocycles. The van der Waals surface area contributed by atoms with E-state index >= 15 is 0 Å². The molecule has 0 spiro atoms. The van der Waals surface area contributed by atoms with Crippen molar-refractivity contribution in [3.63, 3.8) is 0 Å². The maximum atomic E-state index is 12.4. The third-order valence-electron chi connectivity index (χ3n) is 1.79. The predicted molar refractivity (Wildman–Crippen MR) is 49.4 cm³/mol. The minimum absolute atomic E-state index is 0.159. The van der Waals surface area contributed by atoms with Crippen LogP contribution in [0.5, 0.6) is 0 Å². The van der Waals surface area contributed by atoms with E-state index in [2.05, 4.69) is 15.0 Å². The van der Waals surface area contributed by atoms with Crippen molar-refractivity contribution < 1.29 is 13.2 Å². The van der Waals surface area contributed by atoms with Crippen molar-refractivity contribution in [3.05, 3.63) is 23.1 Å². The lowest BCUT2D eigenvalue weighted by Gasteiger charge is -2.01. The van der Waals surface area contributed by atoms with Crippen molar-refractivity contribution in [2.75, 3.05) is 0 Å². The number of H-pyrrole nitrogens is 1. The molecule has 80 valence electrons. The first-order valence-corrected chi connectivity index (χ1v) is 4.83. The van der Waals surface area contributed by atoms with Gasteiger partial charge in [0.15, 0.2) is 5.69 Å². The van der Waals surface area contributed by atoms with Gasteiger partial charge in [-0.15, -0.1) is 11.3 Å². The van der Waals surface area contributed by atoms with E-state index in [4.69, 9.17) is 0 Å². The van der Waals surface area contributed by atoms with E-state index in [1.54, 1.807) is 0 Å². The van der Waals surface area contributed by atoms with Crippen LogP contribution in [0.15, 0.2) is 12.5 Å². The first-order chi connectivity index (χ1) is 6.98. The summed E-state index contributed by atoms with van der Waals surface area (Å²) < 4.78 is 37.3. The average molecular weight is 233 g/mol. The lowest BCUT2D eigenvalue weighted by molar-refractivity contribution is -0.141. The van der Waals surface area contributed by atoms with Gasteiger partial charge in [-0.2, -0.15) is 13.2 Å². The molecule has 3 nitrogen and oxygen atoms in total. The summed E-state index contributed by atoms with van der Waals surface area (Å²) in [7, 11) is 0. The molecule has 0 atom stereocenters. The Morgan fingerprint density at radius 1 is 1.40 bits per heavy atom. The number of nitrogens with zero attached hydrogens (tertiary/aromatic N) is 2. The van der Waals surface area contributed by atoms with Gasteiger partial charge in [-0.05, 0) is 6.92 Å². The number of imidazole rings is 1. The number of rotatable bonds is 1. The van der Waals surface area contributed by atoms with Crippen LogP contribution in [-0.4, -0.2) is 15.0 Å². The number of thiazole rings is 1. The second-order valence-electron chi connectivity index (χ2n) is 2.89. The van der Waals surface area contributed by atoms with Crippen LogP contribution in [0, 0.1) is 6.92 Å². The van der Waals surface area contributed by atoms with Gasteiger partial charge in [0, 0.05) is 4.88 Å². The number of hydrogen-bond acceptors (Lipinski definition) is 3. The normalized spacial score (nSPS) is 12.0. The van der Waals surface area contributed by atoms with Crippen molar-refractivity contribution in [3.8, 4) is 10.7 Å². The van der Waals surface area contributed by atoms with E-state index in [9.17, 15) is 13.2 Å². The van der Waals surface area contributed by atoms with Crippen molar-refractivity contribution in [2.45, 2.75) is 13.1 Å². The van der Waals surface area contributed by atoms with Gasteiger partial charge < -0.3 is 4.98 Å². The molecule has 0 unspecified atom stereocenters. The Morgan fingerprint density at radius 2 is 2.13 bits per heavy atom. The molecule has 0 bridgehead atoms. The van der Waals surface area contributed by atoms with Crippen molar-refractivity contribution in [1.29, 1.82) is 0 Å². The van der Waals surface area contributed by atoms with Crippen LogP contribution >= 0.6 is 11.3 Å². The number of nitrogens with one attached hydrogen (secondary N) is 1. The monoisotopic (exact) mass is 233 g/mol. The number of aromatic amines is 1. The highest BCUT2D eigenvalue weighted by molar-refractivity contribution is 7.15. The van der Waals surface area contributed by atoms with Gasteiger partial charge in [-0.3, -0.25) is 0 Å². The lowest BCUT2D eigenvalue weighted by Crippen LogP contribution is -2.06. The summed E-state index contributed by atoms with van der Waals surface area (Å²) in [5.41, 5.74) is -0.323. The van der Waals surface area contributed by atoms with Gasteiger partial charge in [-0.25, -0.2) is 9.97 Å². The second kappa shape index (κ2) is 3.34. The zero-order valence-corrected chi connectivity index (χ0v) is 8.41. The molecule has 0 saturated heterocycles. The summed E-state index contributed by atoms with van der Waals surface area (Å²) in [4.78, 5) is 10.1. The SMILES string of the molecule is Cc1sc(-c2cnc[nH]2)nc1C(F)(F)F. The summed E-state index contributed by atoms with van der Waals surface area (Å²) in [6.45, 7) is 1.40. The molecular formula is C8H6F3N3S. The van der Waals surface area contributed by atoms with E-state index in [1.165, 1.54) is 19.4 Å². The number of aryl methyl sites for hydroxylation is 1. The molecular weight excluding hydrogens is 227 g/mol. The van der Waals surface area contributed by atoms with Crippen LogP contribution in [-0.2, 0) is 6.18 Å². The van der Waals surface area contributed by atoms with Gasteiger partial charge in [0.05, 0.1) is 18.2 Å². The summed E-state index contributed by atoms with van der Waals surface area (Å²) >= 11 is 0.997. The lowest BCUT2D eigenvalue weighted by atomic mass is 10.4.